The Morgan fingerprint density at radius 3 is 2.56 bits per heavy atom. The number of pyridine rings is 1. The van der Waals surface area contributed by atoms with E-state index < -0.39 is 5.56 Å². The number of Topliss-reactive ketones (excluding diaryl/α,β-unsaturated/α-hetero) is 1. The molecule has 0 saturated heterocycles. The van der Waals surface area contributed by atoms with E-state index in [0.717, 1.165) is 9.15 Å². The number of hydrogen-bond acceptors (Lipinski definition) is 6. The highest BCUT2D eigenvalue weighted by atomic mass is 79.9. The van der Waals surface area contributed by atoms with Gasteiger partial charge in [0.2, 0.25) is 0 Å². The predicted molar refractivity (Wildman–Crippen MR) is 101 cm³/mol. The topological polar surface area (TPSA) is 94.3 Å². The lowest BCUT2D eigenvalue weighted by atomic mass is 10.1. The minimum absolute atomic E-state index is 0.0906. The first-order valence-corrected chi connectivity index (χ1v) is 8.88. The fourth-order valence-corrected chi connectivity index (χ4v) is 2.52. The summed E-state index contributed by atoms with van der Waals surface area (Å²) in [5, 5.41) is 13.0. The number of ketones is 1. The highest BCUT2D eigenvalue weighted by Gasteiger charge is 2.10. The summed E-state index contributed by atoms with van der Waals surface area (Å²) in [6.45, 7) is -0.0624. The zero-order valence-corrected chi connectivity index (χ0v) is 15.8. The van der Waals surface area contributed by atoms with Crippen molar-refractivity contribution in [1.29, 1.82) is 0 Å². The van der Waals surface area contributed by atoms with E-state index in [1.165, 1.54) is 12.3 Å². The molecule has 0 amide bonds. The zero-order valence-electron chi connectivity index (χ0n) is 14.2. The molecular formula is C19H16BrN3O4. The van der Waals surface area contributed by atoms with Gasteiger partial charge in [0, 0.05) is 22.3 Å². The average Bonchev–Trinajstić information content (AvgIpc) is 2.69. The van der Waals surface area contributed by atoms with E-state index in [1.54, 1.807) is 36.5 Å². The second kappa shape index (κ2) is 8.70. The van der Waals surface area contributed by atoms with Crippen molar-refractivity contribution in [3.05, 3.63) is 86.5 Å². The normalized spacial score (nSPS) is 10.6. The van der Waals surface area contributed by atoms with Gasteiger partial charge in [-0.1, -0.05) is 24.3 Å². The van der Waals surface area contributed by atoms with Crippen LogP contribution in [0.4, 0.5) is 0 Å². The van der Waals surface area contributed by atoms with Gasteiger partial charge in [-0.15, -0.1) is 0 Å². The third-order valence-electron chi connectivity index (χ3n) is 3.77. The molecule has 0 aliphatic carbocycles. The summed E-state index contributed by atoms with van der Waals surface area (Å²) in [5.41, 5.74) is 1.44. The van der Waals surface area contributed by atoms with E-state index in [0.29, 0.717) is 22.6 Å². The summed E-state index contributed by atoms with van der Waals surface area (Å²) < 4.78 is 7.46. The minimum atomic E-state index is -0.434. The standard InChI is InChI=1S/C19H16BrN3O4/c20-15-5-6-16(21-8-15)12-27-17-7-19(26)23(22-9-17)10-18(25)14-3-1-13(11-24)2-4-14/h1-9,24H,10-12H2. The van der Waals surface area contributed by atoms with E-state index in [2.05, 4.69) is 26.0 Å². The molecule has 0 bridgehead atoms. The van der Waals surface area contributed by atoms with Gasteiger partial charge in [0.05, 0.1) is 18.5 Å². The molecule has 3 aromatic rings. The van der Waals surface area contributed by atoms with Crippen molar-refractivity contribution in [2.75, 3.05) is 0 Å². The number of nitrogens with zero attached hydrogens (tertiary/aromatic N) is 3. The molecule has 1 aromatic carbocycles. The Hall–Kier alpha value is -2.84. The molecule has 138 valence electrons. The van der Waals surface area contributed by atoms with E-state index in [9.17, 15) is 9.59 Å². The lowest BCUT2D eigenvalue weighted by Gasteiger charge is -2.08. The predicted octanol–water partition coefficient (Wildman–Crippen LogP) is 2.36. The number of halogens is 1. The van der Waals surface area contributed by atoms with E-state index >= 15 is 0 Å². The Morgan fingerprint density at radius 1 is 1.15 bits per heavy atom. The maximum absolute atomic E-state index is 12.3. The van der Waals surface area contributed by atoms with Gasteiger partial charge < -0.3 is 9.84 Å². The highest BCUT2D eigenvalue weighted by molar-refractivity contribution is 9.10. The van der Waals surface area contributed by atoms with Crippen LogP contribution in [0.15, 0.2) is 64.1 Å². The molecule has 27 heavy (non-hydrogen) atoms. The lowest BCUT2D eigenvalue weighted by Crippen LogP contribution is -2.26. The number of benzene rings is 1. The molecular weight excluding hydrogens is 414 g/mol. The molecule has 0 radical (unpaired) electrons. The van der Waals surface area contributed by atoms with Crippen LogP contribution in [-0.4, -0.2) is 25.7 Å². The van der Waals surface area contributed by atoms with Crippen LogP contribution in [0.25, 0.3) is 0 Å². The van der Waals surface area contributed by atoms with Crippen molar-refractivity contribution in [3.8, 4) is 5.75 Å². The van der Waals surface area contributed by atoms with Crippen LogP contribution >= 0.6 is 15.9 Å². The molecule has 2 aromatic heterocycles. The largest absolute Gasteiger partial charge is 0.485 e. The molecule has 3 rings (SSSR count). The zero-order chi connectivity index (χ0) is 19.2. The number of hydrogen-bond donors (Lipinski definition) is 1. The Balaban J connectivity index is 1.64. The number of aromatic nitrogens is 3. The van der Waals surface area contributed by atoms with Crippen molar-refractivity contribution in [2.24, 2.45) is 0 Å². The maximum Gasteiger partial charge on any atom is 0.270 e. The van der Waals surface area contributed by atoms with E-state index in [1.807, 2.05) is 6.07 Å². The highest BCUT2D eigenvalue weighted by Crippen LogP contribution is 2.11. The van der Waals surface area contributed by atoms with Crippen LogP contribution in [0, 0.1) is 0 Å². The molecule has 0 aliphatic rings. The Labute approximate surface area is 163 Å². The third-order valence-corrected chi connectivity index (χ3v) is 4.24. The smallest absolute Gasteiger partial charge is 0.270 e. The van der Waals surface area contributed by atoms with Crippen LogP contribution in [0.1, 0.15) is 21.6 Å². The molecule has 0 spiro atoms. The van der Waals surface area contributed by atoms with Crippen molar-refractivity contribution in [3.63, 3.8) is 0 Å². The first-order valence-electron chi connectivity index (χ1n) is 8.08. The molecule has 0 aliphatic heterocycles. The van der Waals surface area contributed by atoms with Crippen LogP contribution in [-0.2, 0) is 19.8 Å². The number of aliphatic hydroxyl groups excluding tert-OH is 1. The number of carbonyl (C=O) groups excluding carboxylic acids is 1. The summed E-state index contributed by atoms with van der Waals surface area (Å²) in [4.78, 5) is 28.6. The number of carbonyl (C=O) groups is 1. The van der Waals surface area contributed by atoms with Crippen molar-refractivity contribution >= 4 is 21.7 Å². The summed E-state index contributed by atoms with van der Waals surface area (Å²) >= 11 is 3.31. The first-order chi connectivity index (χ1) is 13.0. The van der Waals surface area contributed by atoms with Gasteiger partial charge in [-0.25, -0.2) is 4.68 Å². The van der Waals surface area contributed by atoms with Gasteiger partial charge in [-0.3, -0.25) is 14.6 Å². The molecule has 0 saturated carbocycles. The maximum atomic E-state index is 12.3. The van der Waals surface area contributed by atoms with Crippen molar-refractivity contribution in [1.82, 2.24) is 14.8 Å². The molecule has 0 atom stereocenters. The summed E-state index contributed by atoms with van der Waals surface area (Å²) in [6.07, 6.45) is 3.05. The molecule has 0 unspecified atom stereocenters. The Kier molecular flexibility index (Phi) is 6.10. The first kappa shape index (κ1) is 18.9. The van der Waals surface area contributed by atoms with Gasteiger partial charge in [0.25, 0.3) is 5.56 Å². The van der Waals surface area contributed by atoms with Crippen molar-refractivity contribution in [2.45, 2.75) is 19.8 Å². The molecule has 1 N–H and O–H groups in total. The monoisotopic (exact) mass is 429 g/mol. The van der Waals surface area contributed by atoms with Crippen LogP contribution in [0.5, 0.6) is 5.75 Å². The van der Waals surface area contributed by atoms with Gasteiger partial charge in [-0.2, -0.15) is 5.10 Å². The van der Waals surface area contributed by atoms with E-state index in [-0.39, 0.29) is 25.5 Å². The molecule has 7 nitrogen and oxygen atoms in total. The summed E-state index contributed by atoms with van der Waals surface area (Å²) in [5.74, 6) is 0.0579. The van der Waals surface area contributed by atoms with Crippen molar-refractivity contribution < 1.29 is 14.6 Å². The van der Waals surface area contributed by atoms with Gasteiger partial charge in [0.15, 0.2) is 5.78 Å². The second-order valence-electron chi connectivity index (χ2n) is 5.72. The lowest BCUT2D eigenvalue weighted by molar-refractivity contribution is 0.0965. The van der Waals surface area contributed by atoms with Crippen LogP contribution in [0.3, 0.4) is 0 Å². The number of rotatable bonds is 7. The van der Waals surface area contributed by atoms with Gasteiger partial charge >= 0.3 is 0 Å². The fraction of sp³-hybridized carbons (Fsp3) is 0.158. The summed E-state index contributed by atoms with van der Waals surface area (Å²) in [6, 6.07) is 11.5. The minimum Gasteiger partial charge on any atom is -0.485 e. The molecule has 2 heterocycles. The Morgan fingerprint density at radius 2 is 1.93 bits per heavy atom. The number of aliphatic hydroxyl groups is 1. The number of ether oxygens (including phenoxy) is 1. The summed E-state index contributed by atoms with van der Waals surface area (Å²) in [7, 11) is 0. The average molecular weight is 430 g/mol. The van der Waals surface area contributed by atoms with E-state index in [4.69, 9.17) is 9.84 Å². The second-order valence-corrected chi connectivity index (χ2v) is 6.64. The third kappa shape index (κ3) is 5.08. The van der Waals surface area contributed by atoms with Gasteiger partial charge in [-0.05, 0) is 33.6 Å². The Bertz CT molecular complexity index is 985. The molecule has 0 fully saturated rings. The van der Waals surface area contributed by atoms with Crippen LogP contribution < -0.4 is 10.3 Å². The SMILES string of the molecule is O=C(Cn1ncc(OCc2ccc(Br)cn2)cc1=O)c1ccc(CO)cc1. The van der Waals surface area contributed by atoms with Gasteiger partial charge in [0.1, 0.15) is 18.9 Å². The fourth-order valence-electron chi connectivity index (χ4n) is 2.29. The quantitative estimate of drug-likeness (QED) is 0.579. The molecule has 8 heteroatoms. The van der Waals surface area contributed by atoms with Crippen LogP contribution in [0.2, 0.25) is 0 Å².